The number of aryl methyl sites for hydroxylation is 1. The molecule has 2 bridgehead atoms. The summed E-state index contributed by atoms with van der Waals surface area (Å²) in [6.45, 7) is 2.87. The first-order valence-corrected chi connectivity index (χ1v) is 13.0. The zero-order chi connectivity index (χ0) is 21.5. The monoisotopic (exact) mass is 451 g/mol. The van der Waals surface area contributed by atoms with E-state index in [2.05, 4.69) is 10.0 Å². The van der Waals surface area contributed by atoms with Crippen molar-refractivity contribution in [1.82, 2.24) is 14.6 Å². The SMILES string of the molecule is Cc1c(C(=O)NC2CC3CCC(C3)C2)c2cccc(Cl)c2n1CCCNS(C)(=O)=O. The molecule has 4 rings (SSSR count). The number of nitrogens with one attached hydrogen (secondary N) is 2. The smallest absolute Gasteiger partial charge is 0.253 e. The van der Waals surface area contributed by atoms with Gasteiger partial charge in [-0.05, 0) is 50.5 Å². The molecule has 2 aliphatic rings. The minimum Gasteiger partial charge on any atom is -0.349 e. The summed E-state index contributed by atoms with van der Waals surface area (Å²) < 4.78 is 27.2. The molecule has 0 saturated heterocycles. The van der Waals surface area contributed by atoms with Gasteiger partial charge in [0.25, 0.3) is 5.91 Å². The molecule has 1 aromatic carbocycles. The Labute approximate surface area is 183 Å². The lowest BCUT2D eigenvalue weighted by Crippen LogP contribution is -2.39. The predicted octanol–water partition coefficient (Wildman–Crippen LogP) is 3.85. The van der Waals surface area contributed by atoms with E-state index in [-0.39, 0.29) is 11.9 Å². The van der Waals surface area contributed by atoms with Gasteiger partial charge in [-0.25, -0.2) is 13.1 Å². The van der Waals surface area contributed by atoms with Gasteiger partial charge in [0.1, 0.15) is 0 Å². The fourth-order valence-electron chi connectivity index (χ4n) is 5.43. The number of hydrogen-bond donors (Lipinski definition) is 2. The normalized spacial score (nSPS) is 23.8. The van der Waals surface area contributed by atoms with Crippen molar-refractivity contribution in [2.45, 2.75) is 58.0 Å². The lowest BCUT2D eigenvalue weighted by Gasteiger charge is -2.28. The predicted molar refractivity (Wildman–Crippen MR) is 120 cm³/mol. The summed E-state index contributed by atoms with van der Waals surface area (Å²) in [6.07, 6.45) is 7.84. The number of fused-ring (bicyclic) bond motifs is 3. The highest BCUT2D eigenvalue weighted by Crippen LogP contribution is 2.42. The van der Waals surface area contributed by atoms with E-state index in [1.54, 1.807) is 0 Å². The van der Waals surface area contributed by atoms with Crippen LogP contribution < -0.4 is 10.0 Å². The lowest BCUT2D eigenvalue weighted by atomic mass is 9.85. The van der Waals surface area contributed by atoms with Gasteiger partial charge in [-0.1, -0.05) is 36.6 Å². The molecule has 1 amide bonds. The van der Waals surface area contributed by atoms with Gasteiger partial charge in [0.2, 0.25) is 10.0 Å². The highest BCUT2D eigenvalue weighted by atomic mass is 35.5. The Kier molecular flexibility index (Phi) is 6.15. The number of rotatable bonds is 7. The van der Waals surface area contributed by atoms with Crippen molar-refractivity contribution in [3.05, 3.63) is 34.5 Å². The van der Waals surface area contributed by atoms with Crippen LogP contribution in [0.2, 0.25) is 5.02 Å². The first kappa shape index (κ1) is 21.7. The molecule has 2 N–H and O–H groups in total. The van der Waals surface area contributed by atoms with Crippen LogP contribution in [0, 0.1) is 18.8 Å². The molecule has 2 atom stereocenters. The van der Waals surface area contributed by atoms with E-state index in [0.29, 0.717) is 30.1 Å². The summed E-state index contributed by atoms with van der Waals surface area (Å²) in [4.78, 5) is 13.3. The Morgan fingerprint density at radius 3 is 2.57 bits per heavy atom. The Balaban J connectivity index is 1.57. The van der Waals surface area contributed by atoms with Crippen LogP contribution in [0.4, 0.5) is 0 Å². The van der Waals surface area contributed by atoms with Gasteiger partial charge in [-0.3, -0.25) is 4.79 Å². The van der Waals surface area contributed by atoms with Crippen molar-refractivity contribution in [1.29, 1.82) is 0 Å². The average Bonchev–Trinajstić information content (AvgIpc) is 3.15. The van der Waals surface area contributed by atoms with E-state index in [9.17, 15) is 13.2 Å². The van der Waals surface area contributed by atoms with Crippen LogP contribution in [0.15, 0.2) is 18.2 Å². The molecule has 2 saturated carbocycles. The zero-order valence-electron chi connectivity index (χ0n) is 17.6. The second kappa shape index (κ2) is 8.52. The third-order valence-corrected chi connectivity index (χ3v) is 7.70. The number of nitrogens with zero attached hydrogens (tertiary/aromatic N) is 1. The van der Waals surface area contributed by atoms with E-state index in [1.165, 1.54) is 19.3 Å². The number of para-hydroxylation sites is 1. The number of amides is 1. The number of hydrogen-bond acceptors (Lipinski definition) is 3. The van der Waals surface area contributed by atoms with Gasteiger partial charge < -0.3 is 9.88 Å². The molecule has 164 valence electrons. The summed E-state index contributed by atoms with van der Waals surface area (Å²) in [5.74, 6) is 1.49. The summed E-state index contributed by atoms with van der Waals surface area (Å²) in [6, 6.07) is 5.89. The molecule has 1 heterocycles. The highest BCUT2D eigenvalue weighted by molar-refractivity contribution is 7.88. The molecule has 2 unspecified atom stereocenters. The summed E-state index contributed by atoms with van der Waals surface area (Å²) in [5, 5.41) is 4.75. The van der Waals surface area contributed by atoms with Gasteiger partial charge >= 0.3 is 0 Å². The van der Waals surface area contributed by atoms with E-state index in [4.69, 9.17) is 11.6 Å². The molecule has 30 heavy (non-hydrogen) atoms. The number of halogens is 1. The van der Waals surface area contributed by atoms with Crippen LogP contribution in [0.5, 0.6) is 0 Å². The van der Waals surface area contributed by atoms with E-state index < -0.39 is 10.0 Å². The minimum atomic E-state index is -3.22. The first-order valence-electron chi connectivity index (χ1n) is 10.8. The molecule has 2 aliphatic carbocycles. The van der Waals surface area contributed by atoms with Crippen LogP contribution in [-0.2, 0) is 16.6 Å². The van der Waals surface area contributed by atoms with E-state index >= 15 is 0 Å². The number of aromatic nitrogens is 1. The van der Waals surface area contributed by atoms with Crippen LogP contribution in [0.25, 0.3) is 10.9 Å². The maximum Gasteiger partial charge on any atom is 0.253 e. The molecular weight excluding hydrogens is 422 g/mol. The van der Waals surface area contributed by atoms with Crippen LogP contribution in [0.3, 0.4) is 0 Å². The Bertz CT molecular complexity index is 1050. The van der Waals surface area contributed by atoms with Gasteiger partial charge in [0.05, 0.1) is 22.4 Å². The number of benzene rings is 1. The van der Waals surface area contributed by atoms with E-state index in [0.717, 1.165) is 47.5 Å². The topological polar surface area (TPSA) is 80.2 Å². The van der Waals surface area contributed by atoms with Crippen molar-refractivity contribution in [2.75, 3.05) is 12.8 Å². The number of carbonyl (C=O) groups excluding carboxylic acids is 1. The second-order valence-corrected chi connectivity index (χ2v) is 11.2. The van der Waals surface area contributed by atoms with Gasteiger partial charge in [-0.15, -0.1) is 0 Å². The third kappa shape index (κ3) is 4.53. The standard InChI is InChI=1S/C22H30ClN3O3S/c1-14-20(22(27)25-17-12-15-7-8-16(11-15)13-17)18-5-3-6-19(23)21(18)26(14)10-4-9-24-30(2,28)29/h3,5-6,15-17,24H,4,7-13H2,1-2H3,(H,25,27). The van der Waals surface area contributed by atoms with Gasteiger partial charge in [-0.2, -0.15) is 0 Å². The maximum atomic E-state index is 13.3. The number of carbonyl (C=O) groups is 1. The largest absolute Gasteiger partial charge is 0.349 e. The second-order valence-electron chi connectivity index (χ2n) is 8.96. The van der Waals surface area contributed by atoms with Crippen molar-refractivity contribution in [3.8, 4) is 0 Å². The van der Waals surface area contributed by atoms with E-state index in [1.807, 2.05) is 29.7 Å². The summed E-state index contributed by atoms with van der Waals surface area (Å²) >= 11 is 6.51. The maximum absolute atomic E-state index is 13.3. The third-order valence-electron chi connectivity index (χ3n) is 6.66. The average molecular weight is 452 g/mol. The molecular formula is C22H30ClN3O3S. The van der Waals surface area contributed by atoms with Crippen LogP contribution in [0.1, 0.15) is 54.6 Å². The molecule has 0 spiro atoms. The van der Waals surface area contributed by atoms with Crippen molar-refractivity contribution in [3.63, 3.8) is 0 Å². The summed E-state index contributed by atoms with van der Waals surface area (Å²) in [7, 11) is -3.22. The van der Waals surface area contributed by atoms with Gasteiger partial charge in [0.15, 0.2) is 0 Å². The molecule has 0 radical (unpaired) electrons. The van der Waals surface area contributed by atoms with Crippen molar-refractivity contribution < 1.29 is 13.2 Å². The molecule has 8 heteroatoms. The van der Waals surface area contributed by atoms with Crippen molar-refractivity contribution in [2.24, 2.45) is 11.8 Å². The Morgan fingerprint density at radius 2 is 1.90 bits per heavy atom. The van der Waals surface area contributed by atoms with Crippen molar-refractivity contribution >= 4 is 38.4 Å². The van der Waals surface area contributed by atoms with Gasteiger partial charge in [0, 0.05) is 30.2 Å². The molecule has 1 aromatic heterocycles. The lowest BCUT2D eigenvalue weighted by molar-refractivity contribution is 0.0919. The zero-order valence-corrected chi connectivity index (χ0v) is 19.2. The number of sulfonamides is 1. The summed E-state index contributed by atoms with van der Waals surface area (Å²) in [5.41, 5.74) is 2.39. The quantitative estimate of drug-likeness (QED) is 0.627. The molecule has 0 aliphatic heterocycles. The first-order chi connectivity index (χ1) is 14.2. The van der Waals surface area contributed by atoms with Crippen LogP contribution >= 0.6 is 11.6 Å². The molecule has 2 fully saturated rings. The minimum absolute atomic E-state index is 0.0286. The van der Waals surface area contributed by atoms with Crippen LogP contribution in [-0.4, -0.2) is 37.7 Å². The fourth-order valence-corrected chi connectivity index (χ4v) is 6.22. The Hall–Kier alpha value is -1.57. The highest BCUT2D eigenvalue weighted by Gasteiger charge is 2.35. The molecule has 6 nitrogen and oxygen atoms in total. The fraction of sp³-hybridized carbons (Fsp3) is 0.591. The molecule has 2 aromatic rings. The Morgan fingerprint density at radius 1 is 1.20 bits per heavy atom.